The summed E-state index contributed by atoms with van der Waals surface area (Å²) in [5, 5.41) is 8.30. The van der Waals surface area contributed by atoms with Gasteiger partial charge in [0, 0.05) is 17.1 Å². The van der Waals surface area contributed by atoms with E-state index in [1.807, 2.05) is 19.1 Å². The summed E-state index contributed by atoms with van der Waals surface area (Å²) in [5.74, 6) is 0.928. The van der Waals surface area contributed by atoms with Crippen molar-refractivity contribution in [2.24, 2.45) is 0 Å². The first kappa shape index (κ1) is 17.0. The third-order valence-corrected chi connectivity index (χ3v) is 7.10. The second-order valence-corrected chi connectivity index (χ2v) is 9.33. The van der Waals surface area contributed by atoms with Gasteiger partial charge in [-0.1, -0.05) is 18.2 Å². The molecule has 4 rings (SSSR count). The van der Waals surface area contributed by atoms with E-state index in [9.17, 15) is 8.42 Å². The van der Waals surface area contributed by atoms with Gasteiger partial charge >= 0.3 is 0 Å². The van der Waals surface area contributed by atoms with Crippen LogP contribution in [0.1, 0.15) is 16.9 Å². The third-order valence-electron chi connectivity index (χ3n) is 4.26. The molecule has 0 unspecified atom stereocenters. The van der Waals surface area contributed by atoms with Crippen molar-refractivity contribution < 1.29 is 8.42 Å². The van der Waals surface area contributed by atoms with Gasteiger partial charge < -0.3 is 4.90 Å². The Morgan fingerprint density at radius 3 is 2.65 bits per heavy atom. The highest BCUT2D eigenvalue weighted by molar-refractivity contribution is 7.94. The summed E-state index contributed by atoms with van der Waals surface area (Å²) in [6.45, 7) is 2.74. The van der Waals surface area contributed by atoms with Crippen LogP contribution in [0, 0.1) is 6.92 Å². The van der Waals surface area contributed by atoms with Gasteiger partial charge in [0.25, 0.3) is 10.0 Å². The zero-order chi connectivity index (χ0) is 18.1. The Hall–Kier alpha value is -2.45. The number of anilines is 3. The minimum atomic E-state index is -3.63. The predicted molar refractivity (Wildman–Crippen MR) is 104 cm³/mol. The van der Waals surface area contributed by atoms with Crippen LogP contribution in [-0.2, 0) is 16.4 Å². The average molecular weight is 387 g/mol. The van der Waals surface area contributed by atoms with Gasteiger partial charge in [-0.05, 0) is 55.7 Å². The normalized spacial score (nSPS) is 14.1. The third kappa shape index (κ3) is 3.30. The maximum atomic E-state index is 12.4. The molecule has 6 nitrogen and oxygen atoms in total. The lowest BCUT2D eigenvalue weighted by Crippen LogP contribution is -2.25. The summed E-state index contributed by atoms with van der Waals surface area (Å²) < 4.78 is 27.5. The minimum Gasteiger partial charge on any atom is -0.325 e. The summed E-state index contributed by atoms with van der Waals surface area (Å²) in [6.07, 6.45) is 2.10. The van der Waals surface area contributed by atoms with Crippen molar-refractivity contribution in [3.63, 3.8) is 0 Å². The number of nitrogens with zero attached hydrogens (tertiary/aromatic N) is 3. The number of nitrogens with one attached hydrogen (secondary N) is 1. The Balaban J connectivity index is 1.57. The number of thiophene rings is 1. The van der Waals surface area contributed by atoms with E-state index in [1.165, 1.54) is 16.9 Å². The van der Waals surface area contributed by atoms with Crippen molar-refractivity contribution in [3.05, 3.63) is 59.0 Å². The quantitative estimate of drug-likeness (QED) is 0.739. The molecule has 0 radical (unpaired) electrons. The monoisotopic (exact) mass is 386 g/mol. The van der Waals surface area contributed by atoms with Crippen molar-refractivity contribution in [1.29, 1.82) is 0 Å². The molecule has 8 heteroatoms. The Labute approximate surface area is 156 Å². The number of aromatic nitrogens is 2. The van der Waals surface area contributed by atoms with Crippen LogP contribution in [0.5, 0.6) is 0 Å². The fraction of sp³-hybridized carbons (Fsp3) is 0.222. The van der Waals surface area contributed by atoms with Gasteiger partial charge in [-0.15, -0.1) is 21.5 Å². The smallest absolute Gasteiger partial charge is 0.272 e. The molecule has 0 fully saturated rings. The summed E-state index contributed by atoms with van der Waals surface area (Å²) in [7, 11) is -3.63. The summed E-state index contributed by atoms with van der Waals surface area (Å²) >= 11 is 1.23. The molecule has 1 aliphatic rings. The van der Waals surface area contributed by atoms with Gasteiger partial charge in [-0.3, -0.25) is 4.72 Å². The molecule has 134 valence electrons. The molecule has 0 saturated heterocycles. The van der Waals surface area contributed by atoms with Crippen LogP contribution < -0.4 is 9.62 Å². The van der Waals surface area contributed by atoms with Crippen molar-refractivity contribution in [3.8, 4) is 0 Å². The van der Waals surface area contributed by atoms with Gasteiger partial charge in [-0.2, -0.15) is 0 Å². The van der Waals surface area contributed by atoms with E-state index in [2.05, 4.69) is 32.0 Å². The number of sulfonamides is 1. The molecule has 0 spiro atoms. The highest BCUT2D eigenvalue weighted by Crippen LogP contribution is 2.32. The molecule has 0 saturated carbocycles. The molecule has 1 aliphatic heterocycles. The van der Waals surface area contributed by atoms with Crippen molar-refractivity contribution in [1.82, 2.24) is 10.2 Å². The molecule has 1 N–H and O–H groups in total. The Morgan fingerprint density at radius 1 is 1.08 bits per heavy atom. The number of hydrogen-bond donors (Lipinski definition) is 1. The first-order valence-corrected chi connectivity index (χ1v) is 10.6. The predicted octanol–water partition coefficient (Wildman–Crippen LogP) is 3.73. The molecular weight excluding hydrogens is 368 g/mol. The molecule has 0 atom stereocenters. The largest absolute Gasteiger partial charge is 0.325 e. The van der Waals surface area contributed by atoms with Gasteiger partial charge in [0.05, 0.1) is 0 Å². The summed E-state index contributed by atoms with van der Waals surface area (Å²) in [6, 6.07) is 15.1. The van der Waals surface area contributed by atoms with Crippen LogP contribution in [0.15, 0.2) is 52.7 Å². The zero-order valence-electron chi connectivity index (χ0n) is 14.2. The fourth-order valence-electron chi connectivity index (χ4n) is 3.04. The number of benzene rings is 1. The Bertz CT molecular complexity index is 1030. The average Bonchev–Trinajstić information content (AvgIpc) is 3.09. The number of para-hydroxylation sites is 1. The Morgan fingerprint density at radius 2 is 1.92 bits per heavy atom. The van der Waals surface area contributed by atoms with Crippen LogP contribution in [0.4, 0.5) is 17.3 Å². The van der Waals surface area contributed by atoms with E-state index in [4.69, 9.17) is 0 Å². The lowest BCUT2D eigenvalue weighted by Gasteiger charge is -2.29. The van der Waals surface area contributed by atoms with Crippen LogP contribution in [0.3, 0.4) is 0 Å². The van der Waals surface area contributed by atoms with Crippen LogP contribution in [0.2, 0.25) is 0 Å². The first-order valence-electron chi connectivity index (χ1n) is 8.31. The maximum Gasteiger partial charge on any atom is 0.272 e. The molecule has 1 aromatic carbocycles. The van der Waals surface area contributed by atoms with Crippen molar-refractivity contribution in [2.75, 3.05) is 16.2 Å². The zero-order valence-corrected chi connectivity index (χ0v) is 15.8. The van der Waals surface area contributed by atoms with Crippen LogP contribution in [-0.4, -0.2) is 25.2 Å². The first-order chi connectivity index (χ1) is 12.5. The van der Waals surface area contributed by atoms with Crippen molar-refractivity contribution >= 4 is 38.7 Å². The molecule has 2 aromatic heterocycles. The van der Waals surface area contributed by atoms with E-state index in [-0.39, 0.29) is 10.0 Å². The van der Waals surface area contributed by atoms with E-state index in [0.29, 0.717) is 5.82 Å². The maximum absolute atomic E-state index is 12.4. The molecule has 0 aliphatic carbocycles. The molecule has 0 bridgehead atoms. The summed E-state index contributed by atoms with van der Waals surface area (Å²) in [5.41, 5.74) is 2.42. The molecule has 26 heavy (non-hydrogen) atoms. The number of hydrogen-bond acceptors (Lipinski definition) is 6. The van der Waals surface area contributed by atoms with E-state index in [0.717, 1.165) is 30.0 Å². The van der Waals surface area contributed by atoms with Crippen LogP contribution >= 0.6 is 11.3 Å². The van der Waals surface area contributed by atoms with Crippen molar-refractivity contribution in [2.45, 2.75) is 24.0 Å². The minimum absolute atomic E-state index is 0.213. The number of fused-ring (bicyclic) bond motifs is 1. The molecule has 3 aromatic rings. The van der Waals surface area contributed by atoms with E-state index < -0.39 is 10.0 Å². The topological polar surface area (TPSA) is 75.2 Å². The van der Waals surface area contributed by atoms with E-state index in [1.54, 1.807) is 24.3 Å². The second-order valence-electron chi connectivity index (χ2n) is 6.13. The number of aryl methyl sites for hydroxylation is 2. The summed E-state index contributed by atoms with van der Waals surface area (Å²) in [4.78, 5) is 3.06. The van der Waals surface area contributed by atoms with Crippen LogP contribution in [0.25, 0.3) is 0 Å². The van der Waals surface area contributed by atoms with Gasteiger partial charge in [0.15, 0.2) is 11.6 Å². The highest BCUT2D eigenvalue weighted by atomic mass is 32.2. The molecule has 3 heterocycles. The number of rotatable bonds is 4. The second kappa shape index (κ2) is 6.69. The molecule has 0 amide bonds. The SMILES string of the molecule is Cc1ccc(S(=O)(=O)Nc2ccc(N3CCCc4ccccc43)nn2)s1. The van der Waals surface area contributed by atoms with Gasteiger partial charge in [0.2, 0.25) is 0 Å². The lowest BCUT2D eigenvalue weighted by molar-refractivity contribution is 0.603. The lowest BCUT2D eigenvalue weighted by atomic mass is 10.0. The fourth-order valence-corrected chi connectivity index (χ4v) is 5.32. The van der Waals surface area contributed by atoms with Gasteiger partial charge in [0.1, 0.15) is 4.21 Å². The Kier molecular flexibility index (Phi) is 4.37. The highest BCUT2D eigenvalue weighted by Gasteiger charge is 2.20. The standard InChI is InChI=1S/C18H18N4O2S2/c1-13-8-11-18(25-13)26(23,24)21-16-9-10-17(20-19-16)22-12-4-6-14-5-2-3-7-15(14)22/h2-3,5,7-11H,4,6,12H2,1H3,(H,19,21). The van der Waals surface area contributed by atoms with Gasteiger partial charge in [-0.25, -0.2) is 8.42 Å². The van der Waals surface area contributed by atoms with E-state index >= 15 is 0 Å². The molecular formula is C18H18N4O2S2.